The average molecular weight is 257 g/mol. The number of amides is 1. The van der Waals surface area contributed by atoms with Crippen LogP contribution in [0.5, 0.6) is 0 Å². The second-order valence-electron chi connectivity index (χ2n) is 3.74. The van der Waals surface area contributed by atoms with E-state index in [1.807, 2.05) is 0 Å². The van der Waals surface area contributed by atoms with Crippen LogP contribution in [-0.4, -0.2) is 37.0 Å². The van der Waals surface area contributed by atoms with Gasteiger partial charge in [0.1, 0.15) is 18.6 Å². The van der Waals surface area contributed by atoms with Gasteiger partial charge in [0.15, 0.2) is 6.23 Å². The average Bonchev–Trinajstić information content (AvgIpc) is 2.24. The number of β-lactam (4-membered cyclic amide) rings is 1. The van der Waals surface area contributed by atoms with Crippen molar-refractivity contribution in [2.24, 2.45) is 5.92 Å². The van der Waals surface area contributed by atoms with Crippen LogP contribution in [0.15, 0.2) is 12.7 Å². The van der Waals surface area contributed by atoms with Crippen LogP contribution in [0.2, 0.25) is 0 Å². The second kappa shape index (κ2) is 6.04. The molecule has 1 saturated heterocycles. The van der Waals surface area contributed by atoms with Crippen LogP contribution in [-0.2, 0) is 23.8 Å². The lowest BCUT2D eigenvalue weighted by Crippen LogP contribution is -2.63. The number of hydrogen-bond donors (Lipinski definition) is 1. The van der Waals surface area contributed by atoms with Crippen molar-refractivity contribution in [2.45, 2.75) is 26.2 Å². The molecule has 0 aromatic heterocycles. The van der Waals surface area contributed by atoms with Crippen LogP contribution < -0.4 is 5.32 Å². The molecule has 0 radical (unpaired) electrons. The van der Waals surface area contributed by atoms with Gasteiger partial charge in [0, 0.05) is 6.92 Å². The van der Waals surface area contributed by atoms with Gasteiger partial charge in [-0.2, -0.15) is 0 Å². The molecule has 7 heteroatoms. The molecule has 1 aliphatic heterocycles. The molecule has 1 aliphatic rings. The zero-order valence-electron chi connectivity index (χ0n) is 10.2. The molecule has 0 spiro atoms. The Labute approximate surface area is 104 Å². The van der Waals surface area contributed by atoms with Gasteiger partial charge in [0.25, 0.3) is 0 Å². The van der Waals surface area contributed by atoms with Gasteiger partial charge in [-0.1, -0.05) is 12.7 Å². The van der Waals surface area contributed by atoms with E-state index in [-0.39, 0.29) is 12.5 Å². The molecule has 1 N–H and O–H groups in total. The van der Waals surface area contributed by atoms with Gasteiger partial charge in [-0.3, -0.25) is 9.59 Å². The van der Waals surface area contributed by atoms with E-state index in [9.17, 15) is 14.4 Å². The molecule has 0 aromatic rings. The van der Waals surface area contributed by atoms with Crippen LogP contribution in [0.3, 0.4) is 0 Å². The van der Waals surface area contributed by atoms with Gasteiger partial charge in [-0.25, -0.2) is 4.79 Å². The number of esters is 1. The molecule has 1 heterocycles. The second-order valence-corrected chi connectivity index (χ2v) is 3.74. The van der Waals surface area contributed by atoms with Gasteiger partial charge in [-0.05, 0) is 6.92 Å². The number of ether oxygens (including phenoxy) is 3. The highest BCUT2D eigenvalue weighted by molar-refractivity contribution is 5.87. The Hall–Kier alpha value is -2.05. The highest BCUT2D eigenvalue weighted by Gasteiger charge is 2.47. The zero-order chi connectivity index (χ0) is 13.7. The lowest BCUT2D eigenvalue weighted by Gasteiger charge is -2.38. The fourth-order valence-corrected chi connectivity index (χ4v) is 1.49. The third-order valence-corrected chi connectivity index (χ3v) is 2.31. The summed E-state index contributed by atoms with van der Waals surface area (Å²) < 4.78 is 14.3. The summed E-state index contributed by atoms with van der Waals surface area (Å²) in [4.78, 5) is 33.2. The third kappa shape index (κ3) is 3.47. The summed E-state index contributed by atoms with van der Waals surface area (Å²) in [6.45, 7) is 6.15. The largest absolute Gasteiger partial charge is 0.508 e. The van der Waals surface area contributed by atoms with Crippen LogP contribution in [0.1, 0.15) is 13.8 Å². The normalized spacial score (nSPS) is 23.1. The molecule has 0 aliphatic carbocycles. The maximum atomic E-state index is 11.3. The predicted octanol–water partition coefficient (Wildman–Crippen LogP) is 0.349. The van der Waals surface area contributed by atoms with Crippen LogP contribution >= 0.6 is 0 Å². The maximum Gasteiger partial charge on any atom is 0.508 e. The van der Waals surface area contributed by atoms with E-state index in [1.54, 1.807) is 0 Å². The van der Waals surface area contributed by atoms with Crippen molar-refractivity contribution in [3.05, 3.63) is 12.7 Å². The van der Waals surface area contributed by atoms with Crippen molar-refractivity contribution in [1.82, 2.24) is 5.32 Å². The zero-order valence-corrected chi connectivity index (χ0v) is 10.2. The molecule has 0 aromatic carbocycles. The highest BCUT2D eigenvalue weighted by Crippen LogP contribution is 2.22. The number of nitrogens with one attached hydrogen (secondary N) is 1. The van der Waals surface area contributed by atoms with E-state index in [0.717, 1.165) is 0 Å². The third-order valence-electron chi connectivity index (χ3n) is 2.31. The van der Waals surface area contributed by atoms with Crippen LogP contribution in [0, 0.1) is 5.92 Å². The number of rotatable bonds is 5. The van der Waals surface area contributed by atoms with Crippen molar-refractivity contribution in [2.75, 3.05) is 6.61 Å². The minimum atomic E-state index is -0.899. The molecule has 3 atom stereocenters. The first-order valence-electron chi connectivity index (χ1n) is 5.37. The van der Waals surface area contributed by atoms with E-state index < -0.39 is 30.4 Å². The summed E-state index contributed by atoms with van der Waals surface area (Å²) in [5.41, 5.74) is 0. The van der Waals surface area contributed by atoms with Crippen molar-refractivity contribution < 1.29 is 28.6 Å². The summed E-state index contributed by atoms with van der Waals surface area (Å²) in [6, 6.07) is 0. The monoisotopic (exact) mass is 257 g/mol. The first kappa shape index (κ1) is 14.0. The Kier molecular flexibility index (Phi) is 4.70. The molecular formula is C11H15NO6. The molecule has 1 amide bonds. The first-order valence-corrected chi connectivity index (χ1v) is 5.37. The van der Waals surface area contributed by atoms with Crippen LogP contribution in [0.4, 0.5) is 4.79 Å². The van der Waals surface area contributed by atoms with Crippen molar-refractivity contribution in [3.8, 4) is 0 Å². The predicted molar refractivity (Wildman–Crippen MR) is 59.3 cm³/mol. The summed E-state index contributed by atoms with van der Waals surface area (Å²) in [5, 5.41) is 2.39. The van der Waals surface area contributed by atoms with Gasteiger partial charge in [0.2, 0.25) is 5.91 Å². The standard InChI is InChI=1S/C11H15NO6/c1-4-5-16-11(15)17-6(2)8-9(14)12-10(8)18-7(3)13/h4,6,8,10H,1,5H2,2-3H3,(H,12,14)/t6-,8?,10?/m1/s1. The van der Waals surface area contributed by atoms with Crippen molar-refractivity contribution >= 4 is 18.0 Å². The molecule has 1 fully saturated rings. The minimum absolute atomic E-state index is 0.0236. The van der Waals surface area contributed by atoms with Crippen LogP contribution in [0.25, 0.3) is 0 Å². The van der Waals surface area contributed by atoms with E-state index in [1.165, 1.54) is 19.9 Å². The van der Waals surface area contributed by atoms with Crippen molar-refractivity contribution in [3.63, 3.8) is 0 Å². The Morgan fingerprint density at radius 2 is 2.22 bits per heavy atom. The van der Waals surface area contributed by atoms with E-state index in [0.29, 0.717) is 0 Å². The van der Waals surface area contributed by atoms with Gasteiger partial charge in [0.05, 0.1) is 0 Å². The summed E-state index contributed by atoms with van der Waals surface area (Å²) >= 11 is 0. The minimum Gasteiger partial charge on any atom is -0.441 e. The molecule has 0 bridgehead atoms. The van der Waals surface area contributed by atoms with Gasteiger partial charge < -0.3 is 19.5 Å². The topological polar surface area (TPSA) is 90.9 Å². The molecular weight excluding hydrogens is 242 g/mol. The lowest BCUT2D eigenvalue weighted by atomic mass is 9.93. The molecule has 18 heavy (non-hydrogen) atoms. The molecule has 7 nitrogen and oxygen atoms in total. The van der Waals surface area contributed by atoms with Crippen molar-refractivity contribution in [1.29, 1.82) is 0 Å². The molecule has 0 saturated carbocycles. The van der Waals surface area contributed by atoms with E-state index in [2.05, 4.69) is 16.6 Å². The number of carbonyl (C=O) groups is 3. The fourth-order valence-electron chi connectivity index (χ4n) is 1.49. The Morgan fingerprint density at radius 1 is 1.56 bits per heavy atom. The van der Waals surface area contributed by atoms with E-state index >= 15 is 0 Å². The number of hydrogen-bond acceptors (Lipinski definition) is 6. The van der Waals surface area contributed by atoms with Gasteiger partial charge >= 0.3 is 12.1 Å². The van der Waals surface area contributed by atoms with E-state index in [4.69, 9.17) is 9.47 Å². The highest BCUT2D eigenvalue weighted by atomic mass is 16.7. The first-order chi connectivity index (χ1) is 8.45. The maximum absolute atomic E-state index is 11.3. The molecule has 100 valence electrons. The summed E-state index contributed by atoms with van der Waals surface area (Å²) in [7, 11) is 0. The number of carbonyl (C=O) groups excluding carboxylic acids is 3. The summed E-state index contributed by atoms with van der Waals surface area (Å²) in [5.74, 6) is -1.58. The Morgan fingerprint density at radius 3 is 2.72 bits per heavy atom. The Balaban J connectivity index is 2.46. The van der Waals surface area contributed by atoms with Gasteiger partial charge in [-0.15, -0.1) is 0 Å². The SMILES string of the molecule is C=CCOC(=O)O[C@H](C)C1C(=O)NC1OC(C)=O. The smallest absolute Gasteiger partial charge is 0.441 e. The molecule has 2 unspecified atom stereocenters. The molecule has 1 rings (SSSR count). The lowest BCUT2D eigenvalue weighted by molar-refractivity contribution is -0.174. The Bertz CT molecular complexity index is 367. The fraction of sp³-hybridized carbons (Fsp3) is 0.545. The quantitative estimate of drug-likeness (QED) is 0.434. The summed E-state index contributed by atoms with van der Waals surface area (Å²) in [6.07, 6.45) is -1.02.